The summed E-state index contributed by atoms with van der Waals surface area (Å²) < 4.78 is 0. The van der Waals surface area contributed by atoms with Gasteiger partial charge >= 0.3 is 5.97 Å². The molecule has 1 aromatic heterocycles. The Balaban J connectivity index is 2.16. The van der Waals surface area contributed by atoms with Crippen LogP contribution < -0.4 is 5.32 Å². The second kappa shape index (κ2) is 5.46. The molecule has 7 nitrogen and oxygen atoms in total. The van der Waals surface area contributed by atoms with Crippen molar-refractivity contribution in [2.24, 2.45) is 0 Å². The lowest BCUT2D eigenvalue weighted by Gasteiger charge is -2.33. The molecule has 0 saturated heterocycles. The first kappa shape index (κ1) is 15.5. The van der Waals surface area contributed by atoms with Crippen molar-refractivity contribution in [2.75, 3.05) is 0 Å². The van der Waals surface area contributed by atoms with Crippen LogP contribution in [0.3, 0.4) is 0 Å². The minimum Gasteiger partial charge on any atom is -0.480 e. The van der Waals surface area contributed by atoms with Crippen LogP contribution >= 0.6 is 0 Å². The maximum Gasteiger partial charge on any atom is 0.329 e. The predicted molar refractivity (Wildman–Crippen MR) is 76.0 cm³/mol. The normalized spacial score (nSPS) is 18.2. The number of hydrogen-bond acceptors (Lipinski definition) is 4. The van der Waals surface area contributed by atoms with Crippen LogP contribution in [0.2, 0.25) is 0 Å². The quantitative estimate of drug-likeness (QED) is 0.785. The van der Waals surface area contributed by atoms with Gasteiger partial charge in [0.1, 0.15) is 11.4 Å². The van der Waals surface area contributed by atoms with E-state index in [-0.39, 0.29) is 11.2 Å². The van der Waals surface area contributed by atoms with Gasteiger partial charge in [0, 0.05) is 5.41 Å². The van der Waals surface area contributed by atoms with Gasteiger partial charge in [-0.05, 0) is 12.8 Å². The molecule has 1 fully saturated rings. The molecule has 0 bridgehead atoms. The number of rotatable bonds is 3. The van der Waals surface area contributed by atoms with Crippen molar-refractivity contribution in [1.82, 2.24) is 20.5 Å². The van der Waals surface area contributed by atoms with Gasteiger partial charge in [-0.3, -0.25) is 9.89 Å². The maximum absolute atomic E-state index is 12.2. The molecule has 1 heterocycles. The van der Waals surface area contributed by atoms with E-state index in [0.29, 0.717) is 18.7 Å². The summed E-state index contributed by atoms with van der Waals surface area (Å²) in [7, 11) is 0. The topological polar surface area (TPSA) is 108 Å². The Morgan fingerprint density at radius 1 is 1.24 bits per heavy atom. The third-order valence-electron chi connectivity index (χ3n) is 3.87. The van der Waals surface area contributed by atoms with E-state index in [0.717, 1.165) is 19.3 Å². The van der Waals surface area contributed by atoms with Crippen LogP contribution in [-0.2, 0) is 10.2 Å². The lowest BCUT2D eigenvalue weighted by molar-refractivity contribution is -0.145. The molecule has 0 radical (unpaired) electrons. The molecule has 1 saturated carbocycles. The van der Waals surface area contributed by atoms with Crippen molar-refractivity contribution >= 4 is 11.9 Å². The van der Waals surface area contributed by atoms with Gasteiger partial charge in [0.05, 0.1) is 0 Å². The smallest absolute Gasteiger partial charge is 0.329 e. The third-order valence-corrected chi connectivity index (χ3v) is 3.87. The molecule has 0 spiro atoms. The first-order chi connectivity index (χ1) is 9.74. The zero-order chi connectivity index (χ0) is 15.7. The number of hydrogen-bond donors (Lipinski definition) is 3. The fourth-order valence-electron chi connectivity index (χ4n) is 2.52. The molecular formula is C14H22N4O3. The molecule has 0 aliphatic heterocycles. The number of carboxylic acid groups (broad SMARTS) is 1. The van der Waals surface area contributed by atoms with Crippen molar-refractivity contribution in [3.8, 4) is 0 Å². The lowest BCUT2D eigenvalue weighted by atomic mass is 9.81. The minimum atomic E-state index is -1.18. The second-order valence-corrected chi connectivity index (χ2v) is 6.66. The number of carboxylic acids is 1. The second-order valence-electron chi connectivity index (χ2n) is 6.66. The van der Waals surface area contributed by atoms with Gasteiger partial charge in [-0.1, -0.05) is 40.0 Å². The maximum atomic E-state index is 12.2. The van der Waals surface area contributed by atoms with E-state index in [1.165, 1.54) is 0 Å². The predicted octanol–water partition coefficient (Wildman–Crippen LogP) is 1.62. The number of aromatic amines is 1. The van der Waals surface area contributed by atoms with Crippen molar-refractivity contribution < 1.29 is 14.7 Å². The Morgan fingerprint density at radius 3 is 2.33 bits per heavy atom. The van der Waals surface area contributed by atoms with Gasteiger partial charge in [-0.15, -0.1) is 5.10 Å². The standard InChI is InChI=1S/C14H22N4O3/c1-13(2,3)11-15-9(17-18-11)10(19)16-14(12(20)21)7-5-4-6-8-14/h4-8H2,1-3H3,(H,16,19)(H,20,21)(H,15,17,18). The van der Waals surface area contributed by atoms with Crippen molar-refractivity contribution in [3.63, 3.8) is 0 Å². The van der Waals surface area contributed by atoms with E-state index < -0.39 is 17.4 Å². The van der Waals surface area contributed by atoms with E-state index >= 15 is 0 Å². The Hall–Kier alpha value is -1.92. The first-order valence-corrected chi connectivity index (χ1v) is 7.23. The third kappa shape index (κ3) is 3.22. The molecule has 7 heteroatoms. The fraction of sp³-hybridized carbons (Fsp3) is 0.714. The number of H-pyrrole nitrogens is 1. The summed E-state index contributed by atoms with van der Waals surface area (Å²) in [6, 6.07) is 0. The van der Waals surface area contributed by atoms with E-state index in [1.807, 2.05) is 20.8 Å². The molecule has 0 atom stereocenters. The van der Waals surface area contributed by atoms with Crippen molar-refractivity contribution in [3.05, 3.63) is 11.6 Å². The largest absolute Gasteiger partial charge is 0.480 e. The minimum absolute atomic E-state index is 0.00822. The van der Waals surface area contributed by atoms with Gasteiger partial charge in [0.2, 0.25) is 5.82 Å². The molecule has 1 aliphatic rings. The zero-order valence-corrected chi connectivity index (χ0v) is 12.7. The molecule has 1 amide bonds. The highest BCUT2D eigenvalue weighted by molar-refractivity contribution is 5.95. The van der Waals surface area contributed by atoms with Crippen molar-refractivity contribution in [2.45, 2.75) is 63.8 Å². The SMILES string of the molecule is CC(C)(C)c1nc(C(=O)NC2(C(=O)O)CCCCC2)n[nH]1. The molecular weight excluding hydrogens is 272 g/mol. The fourth-order valence-corrected chi connectivity index (χ4v) is 2.52. The number of nitrogens with zero attached hydrogens (tertiary/aromatic N) is 2. The number of carbonyl (C=O) groups is 2. The summed E-state index contributed by atoms with van der Waals surface area (Å²) >= 11 is 0. The first-order valence-electron chi connectivity index (χ1n) is 7.23. The van der Waals surface area contributed by atoms with Crippen LogP contribution in [0.1, 0.15) is 69.3 Å². The Labute approximate surface area is 123 Å². The number of aromatic nitrogens is 3. The zero-order valence-electron chi connectivity index (χ0n) is 12.7. The van der Waals surface area contributed by atoms with Crippen LogP contribution in [0.15, 0.2) is 0 Å². The molecule has 1 aromatic rings. The summed E-state index contributed by atoms with van der Waals surface area (Å²) in [5, 5.41) is 18.7. The van der Waals surface area contributed by atoms with E-state index in [9.17, 15) is 14.7 Å². The summed E-state index contributed by atoms with van der Waals surface area (Å²) in [5.74, 6) is -0.931. The molecule has 2 rings (SSSR count). The van der Waals surface area contributed by atoms with Gasteiger partial charge in [0.15, 0.2) is 0 Å². The van der Waals surface area contributed by atoms with Gasteiger partial charge in [-0.2, -0.15) is 0 Å². The molecule has 116 valence electrons. The Morgan fingerprint density at radius 2 is 1.86 bits per heavy atom. The van der Waals surface area contributed by atoms with Crippen LogP contribution in [-0.4, -0.2) is 37.7 Å². The highest BCUT2D eigenvalue weighted by atomic mass is 16.4. The Kier molecular flexibility index (Phi) is 4.02. The number of amides is 1. The van der Waals surface area contributed by atoms with E-state index in [1.54, 1.807) is 0 Å². The molecule has 0 aromatic carbocycles. The summed E-state index contributed by atoms with van der Waals surface area (Å²) in [4.78, 5) is 28.0. The molecule has 1 aliphatic carbocycles. The van der Waals surface area contributed by atoms with E-state index in [4.69, 9.17) is 0 Å². The number of aliphatic carboxylic acids is 1. The molecule has 0 unspecified atom stereocenters. The van der Waals surface area contributed by atoms with Crippen LogP contribution in [0.5, 0.6) is 0 Å². The Bertz CT molecular complexity index is 539. The van der Waals surface area contributed by atoms with Crippen LogP contribution in [0.25, 0.3) is 0 Å². The average Bonchev–Trinajstić information content (AvgIpc) is 2.89. The molecule has 3 N–H and O–H groups in total. The number of nitrogens with one attached hydrogen (secondary N) is 2. The van der Waals surface area contributed by atoms with E-state index in [2.05, 4.69) is 20.5 Å². The number of carbonyl (C=O) groups excluding carboxylic acids is 1. The summed E-state index contributed by atoms with van der Waals surface area (Å²) in [6.45, 7) is 5.86. The van der Waals surface area contributed by atoms with Crippen LogP contribution in [0, 0.1) is 0 Å². The van der Waals surface area contributed by atoms with Gasteiger partial charge in [-0.25, -0.2) is 9.78 Å². The average molecular weight is 294 g/mol. The highest BCUT2D eigenvalue weighted by Gasteiger charge is 2.41. The van der Waals surface area contributed by atoms with Gasteiger partial charge < -0.3 is 10.4 Å². The van der Waals surface area contributed by atoms with Gasteiger partial charge in [0.25, 0.3) is 5.91 Å². The van der Waals surface area contributed by atoms with Crippen molar-refractivity contribution in [1.29, 1.82) is 0 Å². The summed E-state index contributed by atoms with van der Waals surface area (Å²) in [5.41, 5.74) is -1.43. The van der Waals surface area contributed by atoms with Crippen LogP contribution in [0.4, 0.5) is 0 Å². The summed E-state index contributed by atoms with van der Waals surface area (Å²) in [6.07, 6.45) is 3.50. The molecule has 21 heavy (non-hydrogen) atoms. The highest BCUT2D eigenvalue weighted by Crippen LogP contribution is 2.28. The lowest BCUT2D eigenvalue weighted by Crippen LogP contribution is -2.55. The monoisotopic (exact) mass is 294 g/mol.